The Kier molecular flexibility index (Phi) is 6.43. The van der Waals surface area contributed by atoms with Gasteiger partial charge in [-0.05, 0) is 55.7 Å². The number of benzene rings is 2. The van der Waals surface area contributed by atoms with Crippen LogP contribution in [0.2, 0.25) is 0 Å². The smallest absolute Gasteiger partial charge is 0.224 e. The van der Waals surface area contributed by atoms with E-state index in [4.69, 9.17) is 20.7 Å². The number of nitrogens with zero attached hydrogens (tertiary/aromatic N) is 5. The van der Waals surface area contributed by atoms with E-state index in [1.807, 2.05) is 35.9 Å². The fourth-order valence-corrected chi connectivity index (χ4v) is 4.56. The Hall–Kier alpha value is -4.18. The first-order valence-corrected chi connectivity index (χ1v) is 11.9. The van der Waals surface area contributed by atoms with Crippen LogP contribution in [0, 0.1) is 6.92 Å². The molecule has 0 saturated carbocycles. The number of aliphatic hydroxyl groups excluding tert-OH is 1. The number of carbonyl (C=O) groups excluding carboxylic acids is 1. The molecule has 2 aromatic heterocycles. The Labute approximate surface area is 208 Å². The van der Waals surface area contributed by atoms with Crippen LogP contribution in [-0.2, 0) is 4.79 Å². The van der Waals surface area contributed by atoms with Crippen LogP contribution >= 0.6 is 0 Å². The first-order valence-electron chi connectivity index (χ1n) is 11.9. The summed E-state index contributed by atoms with van der Waals surface area (Å²) < 4.78 is 7.73. The highest BCUT2D eigenvalue weighted by atomic mass is 16.5. The number of nitrogen functional groups attached to an aromatic ring is 1. The lowest BCUT2D eigenvalue weighted by molar-refractivity contribution is -0.133. The first kappa shape index (κ1) is 23.6. The lowest BCUT2D eigenvalue weighted by Gasteiger charge is -2.33. The summed E-state index contributed by atoms with van der Waals surface area (Å²) in [5.74, 6) is 1.60. The van der Waals surface area contributed by atoms with Gasteiger partial charge >= 0.3 is 0 Å². The number of hydrogen-bond donors (Lipinski definition) is 3. The van der Waals surface area contributed by atoms with Crippen molar-refractivity contribution in [3.8, 4) is 28.5 Å². The third-order valence-electron chi connectivity index (χ3n) is 6.48. The molecule has 36 heavy (non-hydrogen) atoms. The Balaban J connectivity index is 1.46. The maximum atomic E-state index is 12.4. The number of hydrogen-bond acceptors (Lipinski definition) is 8. The van der Waals surface area contributed by atoms with Crippen LogP contribution in [0.15, 0.2) is 48.8 Å². The molecule has 186 valence electrons. The van der Waals surface area contributed by atoms with Crippen LogP contribution in [-0.4, -0.2) is 60.5 Å². The zero-order valence-electron chi connectivity index (χ0n) is 20.0. The second kappa shape index (κ2) is 9.82. The molecular weight excluding hydrogens is 460 g/mol. The van der Waals surface area contributed by atoms with Gasteiger partial charge in [-0.1, -0.05) is 6.07 Å². The average Bonchev–Trinajstić information content (AvgIpc) is 3.28. The predicted octanol–water partition coefficient (Wildman–Crippen LogP) is 3.43. The molecule has 10 nitrogen and oxygen atoms in total. The van der Waals surface area contributed by atoms with Gasteiger partial charge in [0.2, 0.25) is 5.91 Å². The fraction of sp³-hybridized carbons (Fsp3) is 0.308. The topological polar surface area (TPSA) is 140 Å². The van der Waals surface area contributed by atoms with Crippen molar-refractivity contribution in [3.05, 3.63) is 54.4 Å². The largest absolute Gasteiger partial charge is 0.508 e. The Morgan fingerprint density at radius 3 is 2.69 bits per heavy atom. The van der Waals surface area contributed by atoms with Crippen molar-refractivity contribution in [2.24, 2.45) is 0 Å². The van der Waals surface area contributed by atoms with Crippen LogP contribution in [0.3, 0.4) is 0 Å². The summed E-state index contributed by atoms with van der Waals surface area (Å²) in [6.45, 7) is 2.82. The molecule has 10 heteroatoms. The molecule has 1 amide bonds. The van der Waals surface area contributed by atoms with Gasteiger partial charge in [-0.25, -0.2) is 14.6 Å². The molecule has 1 atom stereocenters. The third-order valence-corrected chi connectivity index (χ3v) is 6.48. The number of ether oxygens (including phenoxy) is 1. The average molecular weight is 489 g/mol. The molecular formula is C26H28N6O4. The minimum absolute atomic E-state index is 0.0643. The van der Waals surface area contributed by atoms with Gasteiger partial charge in [0, 0.05) is 31.1 Å². The molecule has 5 rings (SSSR count). The van der Waals surface area contributed by atoms with Crippen molar-refractivity contribution < 1.29 is 19.7 Å². The summed E-state index contributed by atoms with van der Waals surface area (Å²) in [6, 6.07) is 12.5. The van der Waals surface area contributed by atoms with Gasteiger partial charge in [0.1, 0.15) is 35.1 Å². The van der Waals surface area contributed by atoms with E-state index in [-0.39, 0.29) is 30.7 Å². The van der Waals surface area contributed by atoms with Crippen LogP contribution in [0.4, 0.5) is 5.82 Å². The van der Waals surface area contributed by atoms with Crippen LogP contribution in [0.1, 0.15) is 30.9 Å². The normalized spacial score (nSPS) is 15.8. The van der Waals surface area contributed by atoms with E-state index in [1.165, 1.54) is 6.33 Å². The molecule has 1 saturated heterocycles. The van der Waals surface area contributed by atoms with Crippen molar-refractivity contribution in [1.82, 2.24) is 24.6 Å². The molecule has 0 bridgehead atoms. The van der Waals surface area contributed by atoms with E-state index in [0.717, 1.165) is 24.0 Å². The second-order valence-corrected chi connectivity index (χ2v) is 8.93. The molecule has 1 aliphatic heterocycles. The second-order valence-electron chi connectivity index (χ2n) is 8.93. The number of carbonyl (C=O) groups is 1. The number of rotatable bonds is 6. The van der Waals surface area contributed by atoms with E-state index in [9.17, 15) is 9.90 Å². The van der Waals surface area contributed by atoms with E-state index >= 15 is 0 Å². The van der Waals surface area contributed by atoms with Crippen molar-refractivity contribution >= 4 is 22.8 Å². The number of nitrogens with two attached hydrogens (primary N) is 1. The number of phenolic OH excluding ortho intramolecular Hbond substituents is 1. The summed E-state index contributed by atoms with van der Waals surface area (Å²) in [5.41, 5.74) is 9.14. The van der Waals surface area contributed by atoms with Gasteiger partial charge in [0.05, 0.1) is 18.0 Å². The van der Waals surface area contributed by atoms with Gasteiger partial charge in [-0.15, -0.1) is 0 Å². The van der Waals surface area contributed by atoms with E-state index < -0.39 is 0 Å². The highest BCUT2D eigenvalue weighted by Gasteiger charge is 2.28. The first-order chi connectivity index (χ1) is 17.4. The summed E-state index contributed by atoms with van der Waals surface area (Å²) in [6.07, 6.45) is 3.22. The number of anilines is 1. The van der Waals surface area contributed by atoms with E-state index in [1.54, 1.807) is 23.1 Å². The molecule has 4 aromatic rings. The van der Waals surface area contributed by atoms with Crippen molar-refractivity contribution in [3.63, 3.8) is 0 Å². The molecule has 0 spiro atoms. The van der Waals surface area contributed by atoms with Gasteiger partial charge in [0.15, 0.2) is 5.65 Å². The molecule has 1 unspecified atom stereocenters. The zero-order valence-corrected chi connectivity index (χ0v) is 20.0. The number of aromatic hydroxyl groups is 1. The number of fused-ring (bicyclic) bond motifs is 1. The quantitative estimate of drug-likeness (QED) is 0.375. The van der Waals surface area contributed by atoms with Gasteiger partial charge < -0.3 is 25.6 Å². The van der Waals surface area contributed by atoms with Crippen molar-refractivity contribution in [2.75, 3.05) is 25.4 Å². The molecule has 1 aliphatic rings. The SMILES string of the molecule is Cc1ccc(Oc2ccc(-c3nn(C4CCCN(C(=O)CCO)C4)c4ncnc(N)c34)cc2)cc1O. The number of likely N-dealkylation sites (tertiary alicyclic amines) is 1. The molecule has 3 heterocycles. The summed E-state index contributed by atoms with van der Waals surface area (Å²) in [5, 5.41) is 24.6. The highest BCUT2D eigenvalue weighted by Crippen LogP contribution is 2.35. The Morgan fingerprint density at radius 2 is 1.94 bits per heavy atom. The highest BCUT2D eigenvalue weighted by molar-refractivity contribution is 5.98. The minimum atomic E-state index is -0.163. The van der Waals surface area contributed by atoms with Gasteiger partial charge in [-0.3, -0.25) is 4.79 Å². The molecule has 1 fully saturated rings. The van der Waals surface area contributed by atoms with Crippen molar-refractivity contribution in [1.29, 1.82) is 0 Å². The zero-order chi connectivity index (χ0) is 25.2. The fourth-order valence-electron chi connectivity index (χ4n) is 4.56. The standard InChI is InChI=1S/C26H28N6O4/c1-16-4-7-20(13-21(16)34)36-19-8-5-17(6-9-19)24-23-25(27)28-15-29-26(23)32(30-24)18-3-2-11-31(14-18)22(35)10-12-33/h4-9,13,15,18,33-34H,2-3,10-12,14H2,1H3,(H2,27,28,29). The summed E-state index contributed by atoms with van der Waals surface area (Å²) in [7, 11) is 0. The van der Waals surface area contributed by atoms with Gasteiger partial charge in [-0.2, -0.15) is 5.10 Å². The van der Waals surface area contributed by atoms with Crippen molar-refractivity contribution in [2.45, 2.75) is 32.2 Å². The lowest BCUT2D eigenvalue weighted by Crippen LogP contribution is -2.41. The van der Waals surface area contributed by atoms with Crippen LogP contribution in [0.25, 0.3) is 22.3 Å². The van der Waals surface area contributed by atoms with E-state index in [2.05, 4.69) is 9.97 Å². The summed E-state index contributed by atoms with van der Waals surface area (Å²) >= 11 is 0. The molecule has 0 radical (unpaired) electrons. The molecule has 2 aromatic carbocycles. The summed E-state index contributed by atoms with van der Waals surface area (Å²) in [4.78, 5) is 22.8. The number of piperidine rings is 1. The maximum absolute atomic E-state index is 12.4. The number of amides is 1. The Bertz CT molecular complexity index is 1400. The maximum Gasteiger partial charge on any atom is 0.224 e. The molecule has 0 aliphatic carbocycles. The van der Waals surface area contributed by atoms with Crippen LogP contribution < -0.4 is 10.5 Å². The number of aryl methyl sites for hydroxylation is 1. The number of phenols is 1. The number of aromatic nitrogens is 4. The van der Waals surface area contributed by atoms with E-state index in [0.29, 0.717) is 47.1 Å². The van der Waals surface area contributed by atoms with Crippen LogP contribution in [0.5, 0.6) is 17.2 Å². The minimum Gasteiger partial charge on any atom is -0.508 e. The van der Waals surface area contributed by atoms with Gasteiger partial charge in [0.25, 0.3) is 0 Å². The predicted molar refractivity (Wildman–Crippen MR) is 135 cm³/mol. The number of aliphatic hydroxyl groups is 1. The Morgan fingerprint density at radius 1 is 1.17 bits per heavy atom. The third kappa shape index (κ3) is 4.55. The lowest BCUT2D eigenvalue weighted by atomic mass is 10.1. The molecule has 4 N–H and O–H groups in total. The monoisotopic (exact) mass is 488 g/mol.